The summed E-state index contributed by atoms with van der Waals surface area (Å²) in [4.78, 5) is 12.8. The van der Waals surface area contributed by atoms with Crippen LogP contribution in [0, 0.1) is 0 Å². The van der Waals surface area contributed by atoms with Crippen LogP contribution in [0.25, 0.3) is 10.8 Å². The second kappa shape index (κ2) is 5.75. The molecule has 1 N–H and O–H groups in total. The van der Waals surface area contributed by atoms with Crippen molar-refractivity contribution in [3.8, 4) is 0 Å². The van der Waals surface area contributed by atoms with Crippen LogP contribution in [0.2, 0.25) is 0 Å². The Morgan fingerprint density at radius 3 is 2.70 bits per heavy atom. The number of nitrogens with zero attached hydrogens (tertiary/aromatic N) is 3. The minimum absolute atomic E-state index is 0.00676. The third-order valence-electron chi connectivity index (χ3n) is 3.30. The van der Waals surface area contributed by atoms with Crippen LogP contribution in [0.3, 0.4) is 0 Å². The quantitative estimate of drug-likeness (QED) is 0.787. The molecule has 2 heterocycles. The van der Waals surface area contributed by atoms with Crippen LogP contribution in [0.1, 0.15) is 24.2 Å². The third-order valence-corrected chi connectivity index (χ3v) is 3.30. The zero-order chi connectivity index (χ0) is 13.8. The summed E-state index contributed by atoms with van der Waals surface area (Å²) in [5.74, 6) is 0. The molecule has 0 spiro atoms. The molecule has 1 unspecified atom stereocenters. The highest BCUT2D eigenvalue weighted by Gasteiger charge is 2.17. The summed E-state index contributed by atoms with van der Waals surface area (Å²) in [6, 6.07) is 10.3. The largest absolute Gasteiger partial charge is 0.305 e. The standard InChI is InChI=1S/C16H16N4/c1-2-19-15(13-9-17-11-18-10-13)16-14-6-4-3-5-12(14)7-8-20-16/h3-11,15,19H,2H2,1H3. The summed E-state index contributed by atoms with van der Waals surface area (Å²) in [5.41, 5.74) is 2.04. The van der Waals surface area contributed by atoms with E-state index in [0.717, 1.165) is 23.2 Å². The van der Waals surface area contributed by atoms with Gasteiger partial charge in [0.15, 0.2) is 0 Å². The molecule has 0 aliphatic rings. The summed E-state index contributed by atoms with van der Waals surface area (Å²) in [5, 5.41) is 5.81. The van der Waals surface area contributed by atoms with Gasteiger partial charge in [-0.05, 0) is 18.0 Å². The van der Waals surface area contributed by atoms with Crippen molar-refractivity contribution in [2.45, 2.75) is 13.0 Å². The van der Waals surface area contributed by atoms with Gasteiger partial charge in [0, 0.05) is 29.5 Å². The molecule has 0 fully saturated rings. The monoisotopic (exact) mass is 264 g/mol. The highest BCUT2D eigenvalue weighted by molar-refractivity contribution is 5.85. The Bertz CT molecular complexity index is 692. The van der Waals surface area contributed by atoms with Crippen molar-refractivity contribution in [2.75, 3.05) is 6.54 Å². The van der Waals surface area contributed by atoms with E-state index in [0.29, 0.717) is 0 Å². The first kappa shape index (κ1) is 12.7. The Balaban J connectivity index is 2.15. The van der Waals surface area contributed by atoms with Gasteiger partial charge in [0.2, 0.25) is 0 Å². The van der Waals surface area contributed by atoms with Gasteiger partial charge in [-0.1, -0.05) is 31.2 Å². The zero-order valence-electron chi connectivity index (χ0n) is 11.3. The second-order valence-corrected chi connectivity index (χ2v) is 4.58. The molecular weight excluding hydrogens is 248 g/mol. The molecule has 0 amide bonds. The van der Waals surface area contributed by atoms with Gasteiger partial charge in [-0.3, -0.25) is 4.98 Å². The molecule has 20 heavy (non-hydrogen) atoms. The second-order valence-electron chi connectivity index (χ2n) is 4.58. The van der Waals surface area contributed by atoms with Gasteiger partial charge in [-0.25, -0.2) is 9.97 Å². The Hall–Kier alpha value is -2.33. The van der Waals surface area contributed by atoms with Crippen molar-refractivity contribution < 1.29 is 0 Å². The van der Waals surface area contributed by atoms with Crippen LogP contribution >= 0.6 is 0 Å². The van der Waals surface area contributed by atoms with E-state index in [9.17, 15) is 0 Å². The van der Waals surface area contributed by atoms with Gasteiger partial charge in [0.1, 0.15) is 6.33 Å². The normalized spacial score (nSPS) is 12.4. The lowest BCUT2D eigenvalue weighted by Crippen LogP contribution is -2.23. The molecule has 3 rings (SSSR count). The molecule has 0 saturated heterocycles. The fraction of sp³-hybridized carbons (Fsp3) is 0.188. The minimum Gasteiger partial charge on any atom is -0.305 e. The predicted octanol–water partition coefficient (Wildman–Crippen LogP) is 2.72. The molecule has 0 aliphatic heterocycles. The topological polar surface area (TPSA) is 50.7 Å². The highest BCUT2D eigenvalue weighted by Crippen LogP contribution is 2.26. The van der Waals surface area contributed by atoms with E-state index < -0.39 is 0 Å². The van der Waals surface area contributed by atoms with E-state index in [1.807, 2.05) is 36.8 Å². The lowest BCUT2D eigenvalue weighted by Gasteiger charge is -2.18. The number of benzene rings is 1. The maximum absolute atomic E-state index is 4.58. The van der Waals surface area contributed by atoms with Gasteiger partial charge in [0.25, 0.3) is 0 Å². The molecule has 4 heteroatoms. The average Bonchev–Trinajstić information content (AvgIpc) is 2.53. The molecule has 0 radical (unpaired) electrons. The molecular formula is C16H16N4. The van der Waals surface area contributed by atoms with Crippen molar-refractivity contribution >= 4 is 10.8 Å². The van der Waals surface area contributed by atoms with E-state index in [4.69, 9.17) is 0 Å². The number of nitrogens with one attached hydrogen (secondary N) is 1. The average molecular weight is 264 g/mol. The van der Waals surface area contributed by atoms with E-state index in [1.54, 1.807) is 6.33 Å². The van der Waals surface area contributed by atoms with Gasteiger partial charge >= 0.3 is 0 Å². The molecule has 3 aromatic rings. The number of rotatable bonds is 4. The maximum Gasteiger partial charge on any atom is 0.115 e. The predicted molar refractivity (Wildman–Crippen MR) is 79.3 cm³/mol. The van der Waals surface area contributed by atoms with Crippen LogP contribution in [0.5, 0.6) is 0 Å². The van der Waals surface area contributed by atoms with Crippen LogP contribution in [-0.2, 0) is 0 Å². The summed E-state index contributed by atoms with van der Waals surface area (Å²) < 4.78 is 0. The lowest BCUT2D eigenvalue weighted by atomic mass is 10.0. The molecule has 100 valence electrons. The van der Waals surface area contributed by atoms with Crippen LogP contribution in [0.4, 0.5) is 0 Å². The first-order valence-electron chi connectivity index (χ1n) is 6.72. The highest BCUT2D eigenvalue weighted by atomic mass is 14.9. The zero-order valence-corrected chi connectivity index (χ0v) is 11.3. The molecule has 0 saturated carbocycles. The Morgan fingerprint density at radius 2 is 1.90 bits per heavy atom. The number of aromatic nitrogens is 3. The molecule has 2 aromatic heterocycles. The Morgan fingerprint density at radius 1 is 1.10 bits per heavy atom. The van der Waals surface area contributed by atoms with E-state index in [-0.39, 0.29) is 6.04 Å². The van der Waals surface area contributed by atoms with Crippen molar-refractivity contribution in [1.29, 1.82) is 0 Å². The minimum atomic E-state index is 0.00676. The maximum atomic E-state index is 4.58. The Kier molecular flexibility index (Phi) is 3.65. The van der Waals surface area contributed by atoms with Gasteiger partial charge in [-0.15, -0.1) is 0 Å². The summed E-state index contributed by atoms with van der Waals surface area (Å²) in [6.07, 6.45) is 7.07. The van der Waals surface area contributed by atoms with E-state index in [1.165, 1.54) is 5.39 Å². The molecule has 1 aromatic carbocycles. The van der Waals surface area contributed by atoms with E-state index >= 15 is 0 Å². The lowest BCUT2D eigenvalue weighted by molar-refractivity contribution is 0.616. The van der Waals surface area contributed by atoms with Gasteiger partial charge in [-0.2, -0.15) is 0 Å². The number of pyridine rings is 1. The summed E-state index contributed by atoms with van der Waals surface area (Å²) >= 11 is 0. The number of hydrogen-bond donors (Lipinski definition) is 1. The number of hydrogen-bond acceptors (Lipinski definition) is 4. The third kappa shape index (κ3) is 2.38. The van der Waals surface area contributed by atoms with Crippen LogP contribution < -0.4 is 5.32 Å². The first-order chi connectivity index (χ1) is 9.90. The smallest absolute Gasteiger partial charge is 0.115 e. The fourth-order valence-corrected chi connectivity index (χ4v) is 2.41. The van der Waals surface area contributed by atoms with Crippen molar-refractivity contribution in [1.82, 2.24) is 20.3 Å². The van der Waals surface area contributed by atoms with Gasteiger partial charge in [0.05, 0.1) is 11.7 Å². The van der Waals surface area contributed by atoms with Crippen molar-refractivity contribution in [3.05, 3.63) is 66.5 Å². The molecule has 1 atom stereocenters. The molecule has 0 bridgehead atoms. The summed E-state index contributed by atoms with van der Waals surface area (Å²) in [7, 11) is 0. The Labute approximate surface area is 117 Å². The SMILES string of the molecule is CCNC(c1cncnc1)c1nccc2ccccc12. The van der Waals surface area contributed by atoms with Crippen LogP contribution in [0.15, 0.2) is 55.2 Å². The van der Waals surface area contributed by atoms with E-state index in [2.05, 4.69) is 39.3 Å². The van der Waals surface area contributed by atoms with Gasteiger partial charge < -0.3 is 5.32 Å². The number of fused-ring (bicyclic) bond motifs is 1. The molecule has 4 nitrogen and oxygen atoms in total. The first-order valence-corrected chi connectivity index (χ1v) is 6.72. The van der Waals surface area contributed by atoms with Crippen molar-refractivity contribution in [2.24, 2.45) is 0 Å². The summed E-state index contributed by atoms with van der Waals surface area (Å²) in [6.45, 7) is 2.94. The fourth-order valence-electron chi connectivity index (χ4n) is 2.41. The molecule has 0 aliphatic carbocycles. The van der Waals surface area contributed by atoms with Crippen molar-refractivity contribution in [3.63, 3.8) is 0 Å². The van der Waals surface area contributed by atoms with Crippen LogP contribution in [-0.4, -0.2) is 21.5 Å².